The third-order valence-corrected chi connectivity index (χ3v) is 4.60. The fourth-order valence-corrected chi connectivity index (χ4v) is 3.58. The number of nitrogens with zero attached hydrogens (tertiary/aromatic N) is 3. The lowest BCUT2D eigenvalue weighted by atomic mass is 10.0. The van der Waals surface area contributed by atoms with Gasteiger partial charge in [-0.25, -0.2) is 9.98 Å². The number of pyridine rings is 1. The van der Waals surface area contributed by atoms with Crippen molar-refractivity contribution < 1.29 is 5.11 Å². The lowest BCUT2D eigenvalue weighted by Crippen LogP contribution is -2.44. The fraction of sp³-hybridized carbons (Fsp3) is 0.176. The first-order valence-electron chi connectivity index (χ1n) is 7.03. The van der Waals surface area contributed by atoms with Crippen molar-refractivity contribution in [3.63, 3.8) is 0 Å². The number of benzene rings is 1. The van der Waals surface area contributed by atoms with Crippen LogP contribution in [0.3, 0.4) is 0 Å². The van der Waals surface area contributed by atoms with E-state index in [1.807, 2.05) is 53.4 Å². The maximum absolute atomic E-state index is 11.2. The molecule has 1 atom stereocenters. The van der Waals surface area contributed by atoms with E-state index in [-0.39, 0.29) is 0 Å². The molecular weight excluding hydrogens is 294 g/mol. The third-order valence-electron chi connectivity index (χ3n) is 3.49. The van der Waals surface area contributed by atoms with Crippen molar-refractivity contribution in [1.82, 2.24) is 9.88 Å². The van der Waals surface area contributed by atoms with Gasteiger partial charge in [0, 0.05) is 18.3 Å². The average molecular weight is 311 g/mol. The van der Waals surface area contributed by atoms with E-state index in [2.05, 4.69) is 16.6 Å². The molecule has 0 saturated carbocycles. The van der Waals surface area contributed by atoms with Crippen LogP contribution in [0.5, 0.6) is 0 Å². The Hall–Kier alpha value is -2.11. The largest absolute Gasteiger partial charge is 0.366 e. The van der Waals surface area contributed by atoms with Gasteiger partial charge in [-0.15, -0.1) is 6.58 Å². The third kappa shape index (κ3) is 2.77. The molecule has 1 aliphatic heterocycles. The van der Waals surface area contributed by atoms with Crippen molar-refractivity contribution in [2.45, 2.75) is 5.72 Å². The first-order chi connectivity index (χ1) is 10.7. The van der Waals surface area contributed by atoms with Gasteiger partial charge < -0.3 is 10.0 Å². The lowest BCUT2D eigenvalue weighted by Gasteiger charge is -2.33. The van der Waals surface area contributed by atoms with E-state index in [9.17, 15) is 5.11 Å². The summed E-state index contributed by atoms with van der Waals surface area (Å²) >= 11 is 1.53. The van der Waals surface area contributed by atoms with Gasteiger partial charge in [0.15, 0.2) is 16.7 Å². The second-order valence-electron chi connectivity index (χ2n) is 4.95. The Balaban J connectivity index is 1.98. The van der Waals surface area contributed by atoms with E-state index in [0.717, 1.165) is 10.7 Å². The van der Waals surface area contributed by atoms with Crippen molar-refractivity contribution in [2.75, 3.05) is 12.3 Å². The fourth-order valence-electron chi connectivity index (χ4n) is 2.39. The molecule has 2 aromatic rings. The second kappa shape index (κ2) is 6.34. The highest BCUT2D eigenvalue weighted by Gasteiger charge is 2.44. The maximum Gasteiger partial charge on any atom is 0.175 e. The summed E-state index contributed by atoms with van der Waals surface area (Å²) in [4.78, 5) is 10.7. The summed E-state index contributed by atoms with van der Waals surface area (Å²) in [6.07, 6.45) is 3.48. The van der Waals surface area contributed by atoms with E-state index >= 15 is 0 Å². The van der Waals surface area contributed by atoms with Gasteiger partial charge in [0.25, 0.3) is 0 Å². The molecule has 1 aliphatic rings. The lowest BCUT2D eigenvalue weighted by molar-refractivity contribution is -0.0422. The molecular formula is C17H17N3OS. The van der Waals surface area contributed by atoms with Gasteiger partial charge in [0.2, 0.25) is 0 Å². The van der Waals surface area contributed by atoms with Crippen molar-refractivity contribution in [3.8, 4) is 0 Å². The summed E-state index contributed by atoms with van der Waals surface area (Å²) in [7, 11) is 0. The van der Waals surface area contributed by atoms with E-state index in [1.165, 1.54) is 11.8 Å². The number of aromatic nitrogens is 1. The van der Waals surface area contributed by atoms with Crippen molar-refractivity contribution in [1.29, 1.82) is 0 Å². The van der Waals surface area contributed by atoms with E-state index in [4.69, 9.17) is 0 Å². The topological polar surface area (TPSA) is 48.7 Å². The van der Waals surface area contributed by atoms with Gasteiger partial charge in [0.05, 0.1) is 5.75 Å². The molecule has 0 bridgehead atoms. The number of hydrogen-bond acceptors (Lipinski definition) is 4. The van der Waals surface area contributed by atoms with Crippen LogP contribution in [0.2, 0.25) is 0 Å². The zero-order valence-electron chi connectivity index (χ0n) is 12.1. The minimum Gasteiger partial charge on any atom is -0.366 e. The summed E-state index contributed by atoms with van der Waals surface area (Å²) in [6.45, 7) is 4.31. The minimum atomic E-state index is -1.08. The van der Waals surface area contributed by atoms with Crippen molar-refractivity contribution in [2.24, 2.45) is 4.99 Å². The Bertz CT molecular complexity index is 675. The Morgan fingerprint density at radius 2 is 2.05 bits per heavy atom. The molecule has 0 amide bonds. The number of thioether (sulfide) groups is 1. The van der Waals surface area contributed by atoms with Gasteiger partial charge in [-0.05, 0) is 12.1 Å². The quantitative estimate of drug-likeness (QED) is 0.881. The molecule has 112 valence electrons. The molecule has 22 heavy (non-hydrogen) atoms. The molecule has 0 spiro atoms. The highest BCUT2D eigenvalue weighted by molar-refractivity contribution is 8.14. The summed E-state index contributed by atoms with van der Waals surface area (Å²) in [5.74, 6) is 1.16. The molecule has 3 rings (SSSR count). The van der Waals surface area contributed by atoms with E-state index in [0.29, 0.717) is 18.1 Å². The Morgan fingerprint density at radius 1 is 1.27 bits per heavy atom. The molecule has 1 N–H and O–H groups in total. The van der Waals surface area contributed by atoms with Crippen LogP contribution in [0.25, 0.3) is 0 Å². The number of aliphatic imine (C=N–C) groups is 1. The first-order valence-corrected chi connectivity index (χ1v) is 8.01. The van der Waals surface area contributed by atoms with Crippen LogP contribution in [0, 0.1) is 0 Å². The Kier molecular flexibility index (Phi) is 4.27. The van der Waals surface area contributed by atoms with Crippen LogP contribution in [-0.4, -0.2) is 32.5 Å². The summed E-state index contributed by atoms with van der Waals surface area (Å²) in [5.41, 5.74) is -0.219. The molecule has 0 radical (unpaired) electrons. The van der Waals surface area contributed by atoms with Crippen LogP contribution >= 0.6 is 11.8 Å². The van der Waals surface area contributed by atoms with Gasteiger partial charge >= 0.3 is 0 Å². The zero-order valence-corrected chi connectivity index (χ0v) is 12.9. The predicted octanol–water partition coefficient (Wildman–Crippen LogP) is 3.15. The molecule has 1 fully saturated rings. The highest BCUT2D eigenvalue weighted by atomic mass is 32.2. The molecule has 1 aromatic carbocycles. The first kappa shape index (κ1) is 14.8. The number of amidine groups is 1. The van der Waals surface area contributed by atoms with Crippen LogP contribution in [-0.2, 0) is 5.72 Å². The van der Waals surface area contributed by atoms with E-state index in [1.54, 1.807) is 12.3 Å². The standard InChI is InChI=1S/C17H17N3OS/c1-2-12-20-16(19-15-10-6-7-11-18-15)22-13-17(20,21)14-8-4-3-5-9-14/h2-11,21H,1,12-13H2/t17-/m0/s1. The smallest absolute Gasteiger partial charge is 0.175 e. The summed E-state index contributed by atoms with van der Waals surface area (Å²) in [6, 6.07) is 15.3. The molecule has 0 unspecified atom stereocenters. The number of hydrogen-bond donors (Lipinski definition) is 1. The zero-order chi connectivity index (χ0) is 15.4. The molecule has 1 saturated heterocycles. The van der Waals surface area contributed by atoms with Crippen LogP contribution in [0.4, 0.5) is 5.82 Å². The normalized spacial score (nSPS) is 23.0. The van der Waals surface area contributed by atoms with Gasteiger partial charge in [-0.1, -0.05) is 54.2 Å². The van der Waals surface area contributed by atoms with E-state index < -0.39 is 5.72 Å². The van der Waals surface area contributed by atoms with Gasteiger partial charge in [-0.3, -0.25) is 0 Å². The van der Waals surface area contributed by atoms with Gasteiger partial charge in [0.1, 0.15) is 0 Å². The summed E-state index contributed by atoms with van der Waals surface area (Å²) < 4.78 is 0. The van der Waals surface area contributed by atoms with Crippen molar-refractivity contribution in [3.05, 3.63) is 72.9 Å². The maximum atomic E-state index is 11.2. The number of rotatable bonds is 4. The number of aliphatic hydroxyl groups is 1. The van der Waals surface area contributed by atoms with Gasteiger partial charge in [-0.2, -0.15) is 0 Å². The molecule has 5 heteroatoms. The average Bonchev–Trinajstić information content (AvgIpc) is 2.88. The molecule has 4 nitrogen and oxygen atoms in total. The Labute approximate surface area is 134 Å². The van der Waals surface area contributed by atoms with Crippen LogP contribution < -0.4 is 0 Å². The van der Waals surface area contributed by atoms with Crippen LogP contribution in [0.1, 0.15) is 5.56 Å². The molecule has 1 aromatic heterocycles. The van der Waals surface area contributed by atoms with Crippen LogP contribution in [0.15, 0.2) is 72.4 Å². The van der Waals surface area contributed by atoms with Crippen molar-refractivity contribution >= 4 is 22.7 Å². The molecule has 2 heterocycles. The predicted molar refractivity (Wildman–Crippen MR) is 91.0 cm³/mol. The monoisotopic (exact) mass is 311 g/mol. The summed E-state index contributed by atoms with van der Waals surface area (Å²) in [5, 5.41) is 11.9. The highest BCUT2D eigenvalue weighted by Crippen LogP contribution is 2.39. The molecule has 0 aliphatic carbocycles. The Morgan fingerprint density at radius 3 is 2.73 bits per heavy atom. The second-order valence-corrected chi connectivity index (χ2v) is 5.90. The minimum absolute atomic E-state index is 0.518. The SMILES string of the molecule is C=CCN1C(=Nc2ccccn2)SC[C@]1(O)c1ccccc1.